The lowest BCUT2D eigenvalue weighted by atomic mass is 10.0. The van der Waals surface area contributed by atoms with Gasteiger partial charge in [-0.15, -0.1) is 0 Å². The Kier molecular flexibility index (Phi) is 6.46. The molecule has 0 N–H and O–H groups in total. The van der Waals surface area contributed by atoms with Crippen molar-refractivity contribution in [2.75, 3.05) is 26.8 Å². The number of carbonyl (C=O) groups is 2. The van der Waals surface area contributed by atoms with Gasteiger partial charge in [0, 0.05) is 37.9 Å². The summed E-state index contributed by atoms with van der Waals surface area (Å²) >= 11 is 0. The van der Waals surface area contributed by atoms with E-state index in [4.69, 9.17) is 9.47 Å². The van der Waals surface area contributed by atoms with Crippen LogP contribution >= 0.6 is 0 Å². The van der Waals surface area contributed by atoms with Crippen LogP contribution < -0.4 is 0 Å². The van der Waals surface area contributed by atoms with Crippen LogP contribution in [-0.4, -0.2) is 59.5 Å². The summed E-state index contributed by atoms with van der Waals surface area (Å²) < 4.78 is 12.2. The first-order valence-corrected chi connectivity index (χ1v) is 9.66. The molecule has 2 heterocycles. The Morgan fingerprint density at radius 1 is 1.32 bits per heavy atom. The van der Waals surface area contributed by atoms with Crippen molar-refractivity contribution in [3.8, 4) is 11.1 Å². The number of rotatable bonds is 6. The van der Waals surface area contributed by atoms with Crippen LogP contribution in [0.5, 0.6) is 0 Å². The molecule has 1 aliphatic heterocycles. The van der Waals surface area contributed by atoms with Crippen molar-refractivity contribution in [2.45, 2.75) is 32.3 Å². The quantitative estimate of drug-likeness (QED) is 0.715. The van der Waals surface area contributed by atoms with E-state index in [0.29, 0.717) is 23.4 Å². The maximum Gasteiger partial charge on any atom is 0.356 e. The molecular weight excluding hydrogens is 358 g/mol. The molecule has 0 radical (unpaired) electrons. The Bertz CT molecular complexity index is 846. The average Bonchev–Trinajstić information content (AvgIpc) is 3.13. The lowest BCUT2D eigenvalue weighted by molar-refractivity contribution is 0.00211. The highest BCUT2D eigenvalue weighted by Gasteiger charge is 2.25. The van der Waals surface area contributed by atoms with Crippen LogP contribution in [0.25, 0.3) is 11.1 Å². The summed E-state index contributed by atoms with van der Waals surface area (Å²) in [4.78, 5) is 27.0. The first kappa shape index (κ1) is 20.1. The van der Waals surface area contributed by atoms with Crippen LogP contribution in [0.4, 0.5) is 0 Å². The average molecular weight is 385 g/mol. The fourth-order valence-electron chi connectivity index (χ4n) is 3.53. The largest absolute Gasteiger partial charge is 0.464 e. The standard InChI is InChI=1S/C21H27N3O4/c1-4-11-28-17-9-6-10-24(14-17)20(25)16-8-5-7-15(12-16)18-13-22-23(2)19(18)21(26)27-3/h5,7-8,12-13,17H,4,6,9-11,14H2,1-3H3. The summed E-state index contributed by atoms with van der Waals surface area (Å²) in [5.74, 6) is -0.478. The number of likely N-dealkylation sites (tertiary alicyclic amines) is 1. The topological polar surface area (TPSA) is 73.7 Å². The molecule has 0 aliphatic carbocycles. The minimum absolute atomic E-state index is 0.0184. The number of carbonyl (C=O) groups excluding carboxylic acids is 2. The van der Waals surface area contributed by atoms with Gasteiger partial charge in [0.05, 0.1) is 19.4 Å². The summed E-state index contributed by atoms with van der Waals surface area (Å²) in [5, 5.41) is 4.17. The molecular formula is C21H27N3O4. The van der Waals surface area contributed by atoms with Crippen LogP contribution in [0.2, 0.25) is 0 Å². The van der Waals surface area contributed by atoms with E-state index >= 15 is 0 Å². The Labute approximate surface area is 165 Å². The van der Waals surface area contributed by atoms with Gasteiger partial charge in [0.15, 0.2) is 5.69 Å². The van der Waals surface area contributed by atoms with Crippen molar-refractivity contribution in [1.29, 1.82) is 0 Å². The Morgan fingerprint density at radius 2 is 2.14 bits per heavy atom. The molecule has 1 fully saturated rings. The first-order valence-electron chi connectivity index (χ1n) is 9.66. The van der Waals surface area contributed by atoms with Gasteiger partial charge in [-0.3, -0.25) is 9.48 Å². The summed E-state index contributed by atoms with van der Waals surface area (Å²) in [6, 6.07) is 7.30. The minimum atomic E-state index is -0.460. The van der Waals surface area contributed by atoms with Crippen LogP contribution in [0.3, 0.4) is 0 Å². The molecule has 7 heteroatoms. The van der Waals surface area contributed by atoms with Gasteiger partial charge in [0.2, 0.25) is 0 Å². The molecule has 1 aromatic carbocycles. The lowest BCUT2D eigenvalue weighted by Gasteiger charge is -2.32. The second kappa shape index (κ2) is 9.01. The van der Waals surface area contributed by atoms with Gasteiger partial charge in [-0.05, 0) is 37.0 Å². The zero-order chi connectivity index (χ0) is 20.1. The van der Waals surface area contributed by atoms with Gasteiger partial charge in [-0.2, -0.15) is 5.10 Å². The number of aryl methyl sites for hydroxylation is 1. The molecule has 0 saturated carbocycles. The van der Waals surface area contributed by atoms with Gasteiger partial charge in [-0.25, -0.2) is 4.79 Å². The Morgan fingerprint density at radius 3 is 2.89 bits per heavy atom. The minimum Gasteiger partial charge on any atom is -0.464 e. The van der Waals surface area contributed by atoms with E-state index in [9.17, 15) is 9.59 Å². The Balaban J connectivity index is 1.82. The molecule has 0 bridgehead atoms. The first-order chi connectivity index (χ1) is 13.5. The molecule has 1 unspecified atom stereocenters. The van der Waals surface area contributed by atoms with E-state index in [0.717, 1.165) is 38.0 Å². The number of aromatic nitrogens is 2. The molecule has 1 saturated heterocycles. The van der Waals surface area contributed by atoms with E-state index in [-0.39, 0.29) is 12.0 Å². The van der Waals surface area contributed by atoms with Crippen molar-refractivity contribution >= 4 is 11.9 Å². The predicted octanol–water partition coefficient (Wildman–Crippen LogP) is 2.90. The third kappa shape index (κ3) is 4.25. The monoisotopic (exact) mass is 385 g/mol. The molecule has 3 rings (SSSR count). The van der Waals surface area contributed by atoms with Crippen molar-refractivity contribution in [1.82, 2.24) is 14.7 Å². The van der Waals surface area contributed by atoms with E-state index < -0.39 is 5.97 Å². The van der Waals surface area contributed by atoms with E-state index in [2.05, 4.69) is 12.0 Å². The van der Waals surface area contributed by atoms with Gasteiger partial charge in [0.1, 0.15) is 0 Å². The van der Waals surface area contributed by atoms with E-state index in [1.807, 2.05) is 23.1 Å². The second-order valence-electron chi connectivity index (χ2n) is 6.99. The third-order valence-corrected chi connectivity index (χ3v) is 4.96. The number of piperidine rings is 1. The predicted molar refractivity (Wildman–Crippen MR) is 105 cm³/mol. The zero-order valence-electron chi connectivity index (χ0n) is 16.7. The number of methoxy groups -OCH3 is 1. The Hall–Kier alpha value is -2.67. The summed E-state index contributed by atoms with van der Waals surface area (Å²) in [7, 11) is 3.03. The highest BCUT2D eigenvalue weighted by atomic mass is 16.5. The normalized spacial score (nSPS) is 16.8. The molecule has 0 spiro atoms. The van der Waals surface area contributed by atoms with Gasteiger partial charge < -0.3 is 14.4 Å². The molecule has 1 aliphatic rings. The van der Waals surface area contributed by atoms with Crippen LogP contribution in [0.1, 0.15) is 47.0 Å². The van der Waals surface area contributed by atoms with E-state index in [1.165, 1.54) is 11.8 Å². The molecule has 1 atom stereocenters. The van der Waals surface area contributed by atoms with Crippen molar-refractivity contribution in [3.05, 3.63) is 41.7 Å². The number of hydrogen-bond acceptors (Lipinski definition) is 5. The third-order valence-electron chi connectivity index (χ3n) is 4.96. The van der Waals surface area contributed by atoms with E-state index in [1.54, 1.807) is 19.3 Å². The fraction of sp³-hybridized carbons (Fsp3) is 0.476. The highest BCUT2D eigenvalue weighted by Crippen LogP contribution is 2.26. The van der Waals surface area contributed by atoms with Crippen LogP contribution in [0.15, 0.2) is 30.5 Å². The molecule has 1 aromatic heterocycles. The number of benzene rings is 1. The van der Waals surface area contributed by atoms with Gasteiger partial charge in [-0.1, -0.05) is 19.1 Å². The number of ether oxygens (including phenoxy) is 2. The van der Waals surface area contributed by atoms with Crippen LogP contribution in [-0.2, 0) is 16.5 Å². The molecule has 150 valence electrons. The molecule has 1 amide bonds. The highest BCUT2D eigenvalue weighted by molar-refractivity contribution is 5.98. The number of esters is 1. The van der Waals surface area contributed by atoms with Crippen molar-refractivity contribution < 1.29 is 19.1 Å². The second-order valence-corrected chi connectivity index (χ2v) is 6.99. The van der Waals surface area contributed by atoms with Crippen molar-refractivity contribution in [3.63, 3.8) is 0 Å². The fourth-order valence-corrected chi connectivity index (χ4v) is 3.53. The van der Waals surface area contributed by atoms with Crippen LogP contribution in [0, 0.1) is 0 Å². The lowest BCUT2D eigenvalue weighted by Crippen LogP contribution is -2.43. The smallest absolute Gasteiger partial charge is 0.356 e. The maximum atomic E-state index is 13.0. The molecule has 2 aromatic rings. The van der Waals surface area contributed by atoms with Gasteiger partial charge >= 0.3 is 5.97 Å². The summed E-state index contributed by atoms with van der Waals surface area (Å²) in [6.45, 7) is 4.15. The summed E-state index contributed by atoms with van der Waals surface area (Å²) in [5.41, 5.74) is 2.35. The number of hydrogen-bond donors (Lipinski definition) is 0. The SMILES string of the molecule is CCCOC1CCCN(C(=O)c2cccc(-c3cnn(C)c3C(=O)OC)c2)C1. The number of nitrogens with zero attached hydrogens (tertiary/aromatic N) is 3. The van der Waals surface area contributed by atoms with Gasteiger partial charge in [0.25, 0.3) is 5.91 Å². The molecule has 28 heavy (non-hydrogen) atoms. The summed E-state index contributed by atoms with van der Waals surface area (Å²) in [6.07, 6.45) is 4.62. The number of amides is 1. The zero-order valence-corrected chi connectivity index (χ0v) is 16.7. The van der Waals surface area contributed by atoms with Crippen molar-refractivity contribution in [2.24, 2.45) is 7.05 Å². The maximum absolute atomic E-state index is 13.0. The molecule has 7 nitrogen and oxygen atoms in total.